The van der Waals surface area contributed by atoms with E-state index in [0.29, 0.717) is 5.92 Å². The van der Waals surface area contributed by atoms with Gasteiger partial charge in [0.2, 0.25) is 0 Å². The molecule has 164 valence electrons. The van der Waals surface area contributed by atoms with Crippen LogP contribution in [-0.2, 0) is 6.42 Å². The molecule has 1 aliphatic carbocycles. The molecule has 4 aromatic rings. The summed E-state index contributed by atoms with van der Waals surface area (Å²) >= 11 is 0. The molecule has 4 aromatic carbocycles. The third-order valence-electron chi connectivity index (χ3n) is 7.11. The van der Waals surface area contributed by atoms with Gasteiger partial charge in [-0.1, -0.05) is 121 Å². The minimum absolute atomic E-state index is 0.567. The predicted octanol–water partition coefficient (Wildman–Crippen LogP) is 9.16. The van der Waals surface area contributed by atoms with Gasteiger partial charge in [0.15, 0.2) is 0 Å². The van der Waals surface area contributed by atoms with Crippen LogP contribution in [0.25, 0.3) is 28.3 Å². The highest BCUT2D eigenvalue weighted by Crippen LogP contribution is 2.42. The van der Waals surface area contributed by atoms with Gasteiger partial charge in [0.05, 0.1) is 0 Å². The maximum atomic E-state index is 2.49. The molecule has 0 aliphatic heterocycles. The molecule has 0 nitrogen and oxygen atoms in total. The molecule has 0 amide bonds. The fourth-order valence-electron chi connectivity index (χ4n) is 5.16. The zero-order valence-corrected chi connectivity index (χ0v) is 19.9. The summed E-state index contributed by atoms with van der Waals surface area (Å²) in [5.41, 5.74) is 13.9. The molecule has 33 heavy (non-hydrogen) atoms. The molecule has 5 rings (SSSR count). The number of rotatable bonds is 6. The second kappa shape index (κ2) is 9.24. The zero-order valence-electron chi connectivity index (χ0n) is 19.9. The van der Waals surface area contributed by atoms with Crippen molar-refractivity contribution in [1.82, 2.24) is 0 Å². The van der Waals surface area contributed by atoms with Gasteiger partial charge in [-0.3, -0.25) is 0 Å². The molecule has 1 aliphatic rings. The van der Waals surface area contributed by atoms with Crippen LogP contribution in [-0.4, -0.2) is 0 Å². The smallest absolute Gasteiger partial charge is 0.00512 e. The van der Waals surface area contributed by atoms with Crippen LogP contribution >= 0.6 is 0 Å². The summed E-state index contributed by atoms with van der Waals surface area (Å²) in [6.07, 6.45) is 5.82. The first-order valence-electron chi connectivity index (χ1n) is 12.2. The summed E-state index contributed by atoms with van der Waals surface area (Å²) < 4.78 is 0. The summed E-state index contributed by atoms with van der Waals surface area (Å²) in [5, 5.41) is 0. The van der Waals surface area contributed by atoms with Crippen molar-refractivity contribution < 1.29 is 0 Å². The number of benzene rings is 4. The van der Waals surface area contributed by atoms with E-state index in [4.69, 9.17) is 0 Å². The molecule has 0 spiro atoms. The molecule has 0 aromatic heterocycles. The van der Waals surface area contributed by atoms with E-state index < -0.39 is 0 Å². The minimum Gasteiger partial charge on any atom is -0.0648 e. The number of allylic oxidation sites excluding steroid dienone is 1. The fraction of sp³-hybridized carbons (Fsp3) is 0.212. The van der Waals surface area contributed by atoms with Crippen molar-refractivity contribution in [2.75, 3.05) is 0 Å². The lowest BCUT2D eigenvalue weighted by atomic mass is 9.88. The Morgan fingerprint density at radius 3 is 1.85 bits per heavy atom. The first-order chi connectivity index (χ1) is 16.1. The van der Waals surface area contributed by atoms with E-state index >= 15 is 0 Å². The molecule has 0 N–H and O–H groups in total. The maximum Gasteiger partial charge on any atom is -0.00512 e. The normalized spacial score (nSPS) is 13.5. The van der Waals surface area contributed by atoms with Gasteiger partial charge in [0.1, 0.15) is 0 Å². The van der Waals surface area contributed by atoms with Gasteiger partial charge in [-0.2, -0.15) is 0 Å². The Morgan fingerprint density at radius 2 is 1.24 bits per heavy atom. The fourth-order valence-corrected chi connectivity index (χ4v) is 5.16. The van der Waals surface area contributed by atoms with Gasteiger partial charge >= 0.3 is 0 Å². The van der Waals surface area contributed by atoms with E-state index in [1.807, 2.05) is 0 Å². The van der Waals surface area contributed by atoms with Crippen molar-refractivity contribution in [1.29, 1.82) is 0 Å². The van der Waals surface area contributed by atoms with Gasteiger partial charge in [-0.15, -0.1) is 0 Å². The van der Waals surface area contributed by atoms with E-state index in [1.54, 1.807) is 5.57 Å². The van der Waals surface area contributed by atoms with Crippen molar-refractivity contribution in [3.63, 3.8) is 0 Å². The Balaban J connectivity index is 1.56. The van der Waals surface area contributed by atoms with Crippen LogP contribution < -0.4 is 0 Å². The van der Waals surface area contributed by atoms with Crippen molar-refractivity contribution >= 4 is 6.08 Å². The van der Waals surface area contributed by atoms with Crippen LogP contribution in [0.3, 0.4) is 0 Å². The van der Waals surface area contributed by atoms with Crippen LogP contribution in [0.2, 0.25) is 0 Å². The summed E-state index contributed by atoms with van der Waals surface area (Å²) in [6, 6.07) is 33.6. The highest BCUT2D eigenvalue weighted by atomic mass is 14.3. The second-order valence-electron chi connectivity index (χ2n) is 9.48. The average Bonchev–Trinajstić information content (AvgIpc) is 3.27. The quantitative estimate of drug-likeness (QED) is 0.287. The summed E-state index contributed by atoms with van der Waals surface area (Å²) in [7, 11) is 0. The molecule has 1 atom stereocenters. The average molecular weight is 429 g/mol. The van der Waals surface area contributed by atoms with E-state index in [9.17, 15) is 0 Å². The molecule has 0 radical (unpaired) electrons. The molecule has 0 heterocycles. The Bertz CT molecular complexity index is 1270. The number of aryl methyl sites for hydroxylation is 2. The Labute approximate surface area is 198 Å². The van der Waals surface area contributed by atoms with Crippen LogP contribution in [0.5, 0.6) is 0 Å². The van der Waals surface area contributed by atoms with Crippen LogP contribution in [0.15, 0.2) is 96.6 Å². The van der Waals surface area contributed by atoms with Crippen LogP contribution in [0.1, 0.15) is 53.5 Å². The molecule has 0 saturated carbocycles. The zero-order chi connectivity index (χ0) is 22.8. The lowest BCUT2D eigenvalue weighted by Crippen LogP contribution is -2.00. The number of hydrogen-bond acceptors (Lipinski definition) is 0. The first kappa shape index (κ1) is 21.5. The van der Waals surface area contributed by atoms with E-state index in [-0.39, 0.29) is 0 Å². The van der Waals surface area contributed by atoms with Gasteiger partial charge < -0.3 is 0 Å². The second-order valence-corrected chi connectivity index (χ2v) is 9.48. The monoisotopic (exact) mass is 428 g/mol. The van der Waals surface area contributed by atoms with E-state index in [0.717, 1.165) is 19.3 Å². The molecule has 0 heteroatoms. The van der Waals surface area contributed by atoms with E-state index in [1.165, 1.54) is 50.1 Å². The minimum atomic E-state index is 0.567. The Hall–Kier alpha value is -3.38. The van der Waals surface area contributed by atoms with Gasteiger partial charge in [-0.25, -0.2) is 0 Å². The Kier molecular flexibility index (Phi) is 6.01. The molecule has 0 bridgehead atoms. The Morgan fingerprint density at radius 1 is 0.667 bits per heavy atom. The van der Waals surface area contributed by atoms with E-state index in [2.05, 4.69) is 118 Å². The van der Waals surface area contributed by atoms with Gasteiger partial charge in [-0.05, 0) is 78.0 Å². The van der Waals surface area contributed by atoms with Crippen molar-refractivity contribution in [2.24, 2.45) is 0 Å². The SMILES string of the molecule is CCC(CC1=Cc2c(-c3ccc(C)cc3)ccc(-c3ccc(C)cc3)c2C1)c1ccccc1. The highest BCUT2D eigenvalue weighted by Gasteiger charge is 2.23. The molecule has 0 fully saturated rings. The summed E-state index contributed by atoms with van der Waals surface area (Å²) in [4.78, 5) is 0. The number of fused-ring (bicyclic) bond motifs is 1. The lowest BCUT2D eigenvalue weighted by molar-refractivity contribution is 0.652. The van der Waals surface area contributed by atoms with Crippen molar-refractivity contribution in [3.05, 3.63) is 124 Å². The third-order valence-corrected chi connectivity index (χ3v) is 7.11. The van der Waals surface area contributed by atoms with Crippen molar-refractivity contribution in [3.8, 4) is 22.3 Å². The summed E-state index contributed by atoms with van der Waals surface area (Å²) in [6.45, 7) is 6.62. The third kappa shape index (κ3) is 4.44. The first-order valence-corrected chi connectivity index (χ1v) is 12.2. The molecular weight excluding hydrogens is 396 g/mol. The molecular formula is C33H32. The number of hydrogen-bond donors (Lipinski definition) is 0. The highest BCUT2D eigenvalue weighted by molar-refractivity contribution is 5.87. The maximum absolute atomic E-state index is 2.49. The van der Waals surface area contributed by atoms with Crippen LogP contribution in [0.4, 0.5) is 0 Å². The topological polar surface area (TPSA) is 0 Å². The predicted molar refractivity (Wildman–Crippen MR) is 143 cm³/mol. The van der Waals surface area contributed by atoms with Gasteiger partial charge in [0, 0.05) is 0 Å². The lowest BCUT2D eigenvalue weighted by Gasteiger charge is -2.16. The summed E-state index contributed by atoms with van der Waals surface area (Å²) in [5.74, 6) is 0.567. The van der Waals surface area contributed by atoms with Crippen molar-refractivity contribution in [2.45, 2.75) is 46.0 Å². The molecule has 0 saturated heterocycles. The van der Waals surface area contributed by atoms with Gasteiger partial charge in [0.25, 0.3) is 0 Å². The molecule has 1 unspecified atom stereocenters. The standard InChI is InChI=1S/C33H32/c1-4-26(27-8-6-5-7-9-27)20-25-21-32-30(28-14-10-23(2)11-15-28)18-19-31(33(32)22-25)29-16-12-24(3)13-17-29/h5-19,21,26H,4,20,22H2,1-3H3. The van der Waals surface area contributed by atoms with Crippen LogP contribution in [0, 0.1) is 13.8 Å². The largest absolute Gasteiger partial charge is 0.0648 e.